The van der Waals surface area contributed by atoms with Crippen LogP contribution < -0.4 is 40.2 Å². The number of ether oxygens (including phenoxy) is 1. The van der Waals surface area contributed by atoms with Gasteiger partial charge in [0.25, 0.3) is 17.5 Å². The molecule has 238 valence electrons. The standard InChI is InChI=1S/C24H27ClN6O11S2.Na/c1-12(2)21-20(23(35)30(21)44(38,39)40)28-22(34)19(16-11-43-24(26-16)27-17(32)9-25)29-42-13(3)8-18(33)41-10-14-4-6-15(7-5-14)31(36)37;/h4-7,11-13,20-21H,8-10H2,1-3H3,(H,28,34)(H,26,27,32)(H,38,39,40);/q;+1/p-1/t13?,20-,21+;/m1./s1. The van der Waals surface area contributed by atoms with E-state index in [1.165, 1.54) is 36.6 Å². The first kappa shape index (κ1) is 38.0. The number of hydrogen-bond acceptors (Lipinski definition) is 14. The Morgan fingerprint density at radius 1 is 1.22 bits per heavy atom. The van der Waals surface area contributed by atoms with E-state index in [9.17, 15) is 42.3 Å². The molecule has 0 aliphatic carbocycles. The molecule has 2 aromatic rings. The zero-order chi connectivity index (χ0) is 32.8. The summed E-state index contributed by atoms with van der Waals surface area (Å²) in [5.74, 6) is -4.35. The number of hydrogen-bond donors (Lipinski definition) is 2. The normalized spacial score (nSPS) is 17.1. The molecule has 1 aliphatic heterocycles. The van der Waals surface area contributed by atoms with Crippen LogP contribution in [0.15, 0.2) is 34.8 Å². The third-order valence-corrected chi connectivity index (χ3v) is 7.87. The van der Waals surface area contributed by atoms with Crippen molar-refractivity contribution in [3.63, 3.8) is 0 Å². The summed E-state index contributed by atoms with van der Waals surface area (Å²) in [7, 11) is -5.13. The molecule has 17 nitrogen and oxygen atoms in total. The molecule has 1 aromatic carbocycles. The van der Waals surface area contributed by atoms with Crippen molar-refractivity contribution in [2.45, 2.75) is 52.0 Å². The van der Waals surface area contributed by atoms with Gasteiger partial charge in [0.1, 0.15) is 30.3 Å². The number of non-ortho nitro benzene ring substituents is 1. The number of esters is 1. The Balaban J connectivity index is 0.00000705. The first-order chi connectivity index (χ1) is 20.6. The Bertz CT molecular complexity index is 1570. The van der Waals surface area contributed by atoms with Gasteiger partial charge in [0.2, 0.25) is 5.91 Å². The second kappa shape index (κ2) is 16.4. The van der Waals surface area contributed by atoms with Crippen LogP contribution in [0.5, 0.6) is 0 Å². The molecule has 1 unspecified atom stereocenters. The molecule has 1 fully saturated rings. The monoisotopic (exact) mass is 696 g/mol. The zero-order valence-corrected chi connectivity index (χ0v) is 28.7. The number of alkyl halides is 1. The number of halogens is 1. The van der Waals surface area contributed by atoms with E-state index in [2.05, 4.69) is 20.8 Å². The molecule has 0 spiro atoms. The minimum Gasteiger partial charge on any atom is -0.731 e. The van der Waals surface area contributed by atoms with Gasteiger partial charge >= 0.3 is 35.5 Å². The third-order valence-electron chi connectivity index (χ3n) is 5.96. The topological polar surface area (TPSA) is 240 Å². The van der Waals surface area contributed by atoms with E-state index >= 15 is 0 Å². The fraction of sp³-hybridized carbons (Fsp3) is 0.417. The maximum absolute atomic E-state index is 13.3. The van der Waals surface area contributed by atoms with Crippen LogP contribution in [0.4, 0.5) is 10.8 Å². The molecule has 2 heterocycles. The SMILES string of the molecule is CC(CC(=O)OCc1ccc([N+](=O)[O-])cc1)ON=C(C(=O)N[C@H]1C(=O)N(S(=O)(=O)[O-])[C@H]1C(C)C)c1csc(NC(=O)CCl)n1.[Na+]. The quantitative estimate of drug-likeness (QED) is 0.0328. The number of benzene rings is 1. The Kier molecular flexibility index (Phi) is 13.8. The van der Waals surface area contributed by atoms with Gasteiger partial charge in [0.15, 0.2) is 21.1 Å². The maximum Gasteiger partial charge on any atom is 1.00 e. The average Bonchev–Trinajstić information content (AvgIpc) is 3.40. The molecule has 1 saturated heterocycles. The summed E-state index contributed by atoms with van der Waals surface area (Å²) in [6, 6.07) is 2.85. The van der Waals surface area contributed by atoms with Gasteiger partial charge in [0, 0.05) is 17.5 Å². The van der Waals surface area contributed by atoms with E-state index < -0.39 is 68.7 Å². The summed E-state index contributed by atoms with van der Waals surface area (Å²) in [5, 5.41) is 20.7. The number of rotatable bonds is 14. The number of anilines is 1. The molecule has 0 bridgehead atoms. The Labute approximate surface area is 288 Å². The minimum atomic E-state index is -5.13. The van der Waals surface area contributed by atoms with Gasteiger partial charge in [-0.3, -0.25) is 29.3 Å². The predicted molar refractivity (Wildman–Crippen MR) is 153 cm³/mol. The molecule has 3 rings (SSSR count). The summed E-state index contributed by atoms with van der Waals surface area (Å²) >= 11 is 6.41. The maximum atomic E-state index is 13.3. The zero-order valence-electron chi connectivity index (χ0n) is 24.3. The number of nitrogens with one attached hydrogen (secondary N) is 2. The summed E-state index contributed by atoms with van der Waals surface area (Å²) in [4.78, 5) is 69.3. The molecule has 45 heavy (non-hydrogen) atoms. The summed E-state index contributed by atoms with van der Waals surface area (Å²) < 4.78 is 40.0. The third kappa shape index (κ3) is 10.1. The fourth-order valence-electron chi connectivity index (χ4n) is 3.90. The number of amides is 3. The van der Waals surface area contributed by atoms with Gasteiger partial charge < -0.3 is 24.8 Å². The van der Waals surface area contributed by atoms with Gasteiger partial charge in [-0.15, -0.1) is 22.9 Å². The van der Waals surface area contributed by atoms with Crippen LogP contribution in [0.1, 0.15) is 38.4 Å². The van der Waals surface area contributed by atoms with Crippen LogP contribution in [0.25, 0.3) is 0 Å². The Morgan fingerprint density at radius 2 is 1.87 bits per heavy atom. The second-order valence-electron chi connectivity index (χ2n) is 9.64. The number of β-lactam (4-membered cyclic amide) rings is 1. The molecule has 2 N–H and O–H groups in total. The van der Waals surface area contributed by atoms with E-state index in [4.69, 9.17) is 21.2 Å². The molecular formula is C24H26ClN6NaO11S2. The van der Waals surface area contributed by atoms with E-state index in [1.807, 2.05) is 0 Å². The molecule has 1 aliphatic rings. The minimum absolute atomic E-state index is 0. The first-order valence-corrected chi connectivity index (χ1v) is 15.4. The van der Waals surface area contributed by atoms with Gasteiger partial charge in [-0.2, -0.15) is 0 Å². The number of nitrogens with zero attached hydrogens (tertiary/aromatic N) is 4. The Hall–Kier alpha value is -3.20. The number of thiazole rings is 1. The molecule has 1 aromatic heterocycles. The van der Waals surface area contributed by atoms with Crippen molar-refractivity contribution in [1.82, 2.24) is 14.6 Å². The number of carbonyl (C=O) groups excluding carboxylic acids is 4. The smallest absolute Gasteiger partial charge is 0.731 e. The first-order valence-electron chi connectivity index (χ1n) is 12.7. The number of oxime groups is 1. The van der Waals surface area contributed by atoms with Crippen LogP contribution in [0, 0.1) is 16.0 Å². The van der Waals surface area contributed by atoms with Gasteiger partial charge in [0.05, 0.1) is 17.4 Å². The predicted octanol–water partition coefficient (Wildman–Crippen LogP) is -1.71. The molecule has 3 amide bonds. The summed E-state index contributed by atoms with van der Waals surface area (Å²) in [6.45, 7) is 4.39. The fourth-order valence-corrected chi connectivity index (χ4v) is 5.68. The second-order valence-corrected chi connectivity index (χ2v) is 12.0. The largest absolute Gasteiger partial charge is 1.00 e. The number of aromatic nitrogens is 1. The van der Waals surface area contributed by atoms with Gasteiger partial charge in [-0.25, -0.2) is 17.7 Å². The number of nitro groups is 1. The van der Waals surface area contributed by atoms with Crippen molar-refractivity contribution in [3.05, 3.63) is 51.0 Å². The molecule has 3 atom stereocenters. The van der Waals surface area contributed by atoms with E-state index in [1.54, 1.807) is 13.8 Å². The molecule has 0 saturated carbocycles. The van der Waals surface area contributed by atoms with Crippen molar-refractivity contribution in [1.29, 1.82) is 0 Å². The van der Waals surface area contributed by atoms with E-state index in [0.717, 1.165) is 11.3 Å². The van der Waals surface area contributed by atoms with E-state index in [0.29, 0.717) is 5.56 Å². The van der Waals surface area contributed by atoms with Crippen molar-refractivity contribution < 1.29 is 76.2 Å². The van der Waals surface area contributed by atoms with Crippen LogP contribution in [-0.4, -0.2) is 80.7 Å². The molecular weight excluding hydrogens is 671 g/mol. The van der Waals surface area contributed by atoms with Crippen molar-refractivity contribution >= 4 is 73.5 Å². The van der Waals surface area contributed by atoms with Gasteiger partial charge in [-0.05, 0) is 30.5 Å². The number of carbonyl (C=O) groups is 4. The summed E-state index contributed by atoms with van der Waals surface area (Å²) in [6.07, 6.45) is -1.28. The van der Waals surface area contributed by atoms with Crippen molar-refractivity contribution in [3.8, 4) is 0 Å². The van der Waals surface area contributed by atoms with Crippen LogP contribution >= 0.6 is 22.9 Å². The van der Waals surface area contributed by atoms with Crippen molar-refractivity contribution in [2.75, 3.05) is 11.2 Å². The van der Waals surface area contributed by atoms with E-state index in [-0.39, 0.29) is 69.3 Å². The van der Waals surface area contributed by atoms with Crippen molar-refractivity contribution in [2.24, 2.45) is 11.1 Å². The molecule has 0 radical (unpaired) electrons. The summed E-state index contributed by atoms with van der Waals surface area (Å²) in [5.41, 5.74) is -0.213. The van der Waals surface area contributed by atoms with Crippen LogP contribution in [0.3, 0.4) is 0 Å². The molecule has 21 heteroatoms. The van der Waals surface area contributed by atoms with Crippen LogP contribution in [0.2, 0.25) is 0 Å². The number of nitro benzene ring substituents is 1. The average molecular weight is 697 g/mol. The Morgan fingerprint density at radius 3 is 2.42 bits per heavy atom. The van der Waals surface area contributed by atoms with Crippen LogP contribution in [-0.2, 0) is 45.7 Å². The van der Waals surface area contributed by atoms with Gasteiger partial charge in [-0.1, -0.05) is 19.0 Å².